The van der Waals surface area contributed by atoms with Gasteiger partial charge in [0.05, 0.1) is 11.2 Å². The minimum atomic E-state index is -0.238. The number of ether oxygens (including phenoxy) is 1. The molecule has 0 fully saturated rings. The molecule has 0 aliphatic rings. The van der Waals surface area contributed by atoms with Crippen LogP contribution < -0.4 is 4.74 Å². The third kappa shape index (κ3) is 3.05. The van der Waals surface area contributed by atoms with E-state index in [0.29, 0.717) is 0 Å². The molecule has 0 amide bonds. The lowest BCUT2D eigenvalue weighted by atomic mass is 10.1. The van der Waals surface area contributed by atoms with E-state index < -0.39 is 0 Å². The number of hydrogen-bond donors (Lipinski definition) is 0. The summed E-state index contributed by atoms with van der Waals surface area (Å²) in [5, 5.41) is 1.05. The van der Waals surface area contributed by atoms with E-state index in [1.54, 1.807) is 0 Å². The second-order valence-electron chi connectivity index (χ2n) is 6.10. The van der Waals surface area contributed by atoms with Gasteiger partial charge in [-0.05, 0) is 32.9 Å². The quantitative estimate of drug-likeness (QED) is 0.651. The van der Waals surface area contributed by atoms with Gasteiger partial charge >= 0.3 is 0 Å². The van der Waals surface area contributed by atoms with Crippen LogP contribution in [0.5, 0.6) is 5.75 Å². The maximum absolute atomic E-state index is 6.14. The summed E-state index contributed by atoms with van der Waals surface area (Å²) < 4.78 is 6.14. The van der Waals surface area contributed by atoms with Crippen LogP contribution in [0, 0.1) is 0 Å². The molecule has 0 radical (unpaired) electrons. The fraction of sp³-hybridized carbons (Fsp3) is 0.211. The van der Waals surface area contributed by atoms with Gasteiger partial charge < -0.3 is 4.74 Å². The lowest BCUT2D eigenvalue weighted by Crippen LogP contribution is -2.23. The van der Waals surface area contributed by atoms with Gasteiger partial charge in [0.15, 0.2) is 0 Å². The third-order valence-electron chi connectivity index (χ3n) is 3.16. The summed E-state index contributed by atoms with van der Waals surface area (Å²) in [4.78, 5) is 4.76. The van der Waals surface area contributed by atoms with Gasteiger partial charge in [-0.3, -0.25) is 0 Å². The first-order valence-corrected chi connectivity index (χ1v) is 7.17. The molecule has 1 heterocycles. The molecule has 0 aliphatic carbocycles. The Morgan fingerprint density at radius 1 is 0.857 bits per heavy atom. The molecule has 0 saturated heterocycles. The van der Waals surface area contributed by atoms with Crippen molar-refractivity contribution < 1.29 is 4.74 Å². The Morgan fingerprint density at radius 3 is 2.24 bits per heavy atom. The Balaban J connectivity index is 2.20. The van der Waals surface area contributed by atoms with Gasteiger partial charge in [0.1, 0.15) is 11.4 Å². The number of rotatable bonds is 2. The van der Waals surface area contributed by atoms with Gasteiger partial charge in [0.2, 0.25) is 0 Å². The van der Waals surface area contributed by atoms with Gasteiger partial charge in [0, 0.05) is 17.0 Å². The lowest BCUT2D eigenvalue weighted by Gasteiger charge is -2.23. The van der Waals surface area contributed by atoms with Crippen LogP contribution in [-0.2, 0) is 0 Å². The first-order valence-electron chi connectivity index (χ1n) is 7.17. The number of fused-ring (bicyclic) bond motifs is 1. The van der Waals surface area contributed by atoms with Crippen molar-refractivity contribution in [2.24, 2.45) is 0 Å². The Kier molecular flexibility index (Phi) is 3.38. The third-order valence-corrected chi connectivity index (χ3v) is 3.16. The van der Waals surface area contributed by atoms with Crippen LogP contribution in [0.2, 0.25) is 0 Å². The highest BCUT2D eigenvalue weighted by Crippen LogP contribution is 2.32. The molecule has 0 aliphatic heterocycles. The van der Waals surface area contributed by atoms with Crippen LogP contribution in [0.25, 0.3) is 22.2 Å². The smallest absolute Gasteiger partial charge is 0.131 e. The van der Waals surface area contributed by atoms with E-state index in [-0.39, 0.29) is 5.60 Å². The maximum atomic E-state index is 6.14. The van der Waals surface area contributed by atoms with Gasteiger partial charge in [0.25, 0.3) is 0 Å². The van der Waals surface area contributed by atoms with Crippen molar-refractivity contribution in [1.82, 2.24) is 4.98 Å². The van der Waals surface area contributed by atoms with E-state index in [4.69, 9.17) is 9.72 Å². The van der Waals surface area contributed by atoms with Crippen molar-refractivity contribution in [3.63, 3.8) is 0 Å². The number of benzene rings is 2. The van der Waals surface area contributed by atoms with Crippen LogP contribution >= 0.6 is 0 Å². The van der Waals surface area contributed by atoms with Crippen molar-refractivity contribution in [1.29, 1.82) is 0 Å². The molecule has 3 rings (SSSR count). The van der Waals surface area contributed by atoms with Crippen molar-refractivity contribution in [3.05, 3.63) is 60.7 Å². The SMILES string of the molecule is CC(C)(C)Oc1cc(-c2ccccc2)nc2ccccc12. The van der Waals surface area contributed by atoms with Crippen LogP contribution in [0.4, 0.5) is 0 Å². The number of pyridine rings is 1. The fourth-order valence-electron chi connectivity index (χ4n) is 2.31. The van der Waals surface area contributed by atoms with E-state index in [9.17, 15) is 0 Å². The molecule has 2 heteroatoms. The highest BCUT2D eigenvalue weighted by molar-refractivity contribution is 5.87. The Bertz CT molecular complexity index is 757. The van der Waals surface area contributed by atoms with Gasteiger partial charge in [-0.15, -0.1) is 0 Å². The molecule has 2 nitrogen and oxygen atoms in total. The number of nitrogens with zero attached hydrogens (tertiary/aromatic N) is 1. The molecular formula is C19H19NO. The standard InChI is InChI=1S/C19H19NO/c1-19(2,3)21-18-13-17(14-9-5-4-6-10-14)20-16-12-8-7-11-15(16)18/h4-13H,1-3H3. The molecule has 2 aromatic carbocycles. The molecule has 0 bridgehead atoms. The summed E-state index contributed by atoms with van der Waals surface area (Å²) in [7, 11) is 0. The Hall–Kier alpha value is -2.35. The summed E-state index contributed by atoms with van der Waals surface area (Å²) in [6.45, 7) is 6.18. The van der Waals surface area contributed by atoms with Crippen molar-refractivity contribution in [3.8, 4) is 17.0 Å². The van der Waals surface area contributed by atoms with Gasteiger partial charge in [-0.2, -0.15) is 0 Å². The molecule has 3 aromatic rings. The molecule has 1 aromatic heterocycles. The van der Waals surface area contributed by atoms with Gasteiger partial charge in [-0.25, -0.2) is 4.98 Å². The molecule has 0 saturated carbocycles. The summed E-state index contributed by atoms with van der Waals surface area (Å²) in [6.07, 6.45) is 0. The highest BCUT2D eigenvalue weighted by Gasteiger charge is 2.15. The second kappa shape index (κ2) is 5.21. The van der Waals surface area contributed by atoms with Crippen molar-refractivity contribution in [2.75, 3.05) is 0 Å². The van der Waals surface area contributed by atoms with Crippen molar-refractivity contribution >= 4 is 10.9 Å². The average Bonchev–Trinajstić information content (AvgIpc) is 2.46. The molecular weight excluding hydrogens is 258 g/mol. The average molecular weight is 277 g/mol. The van der Waals surface area contributed by atoms with E-state index >= 15 is 0 Å². The zero-order valence-electron chi connectivity index (χ0n) is 12.6. The molecule has 0 N–H and O–H groups in total. The Labute approximate surface area is 125 Å². The Morgan fingerprint density at radius 2 is 1.52 bits per heavy atom. The lowest BCUT2D eigenvalue weighted by molar-refractivity contribution is 0.133. The predicted octanol–water partition coefficient (Wildman–Crippen LogP) is 5.08. The van der Waals surface area contributed by atoms with Crippen LogP contribution in [0.15, 0.2) is 60.7 Å². The predicted molar refractivity (Wildman–Crippen MR) is 87.6 cm³/mol. The first-order chi connectivity index (χ1) is 10.0. The molecule has 0 unspecified atom stereocenters. The maximum Gasteiger partial charge on any atom is 0.131 e. The summed E-state index contributed by atoms with van der Waals surface area (Å²) in [5.74, 6) is 0.881. The molecule has 0 spiro atoms. The number of para-hydroxylation sites is 1. The molecule has 0 atom stereocenters. The second-order valence-corrected chi connectivity index (χ2v) is 6.10. The zero-order chi connectivity index (χ0) is 14.9. The molecule has 21 heavy (non-hydrogen) atoms. The fourth-order valence-corrected chi connectivity index (χ4v) is 2.31. The van der Waals surface area contributed by atoms with E-state index in [1.807, 2.05) is 42.5 Å². The summed E-state index contributed by atoms with van der Waals surface area (Å²) >= 11 is 0. The van der Waals surface area contributed by atoms with E-state index in [1.165, 1.54) is 0 Å². The first kappa shape index (κ1) is 13.6. The van der Waals surface area contributed by atoms with Crippen molar-refractivity contribution in [2.45, 2.75) is 26.4 Å². The summed E-state index contributed by atoms with van der Waals surface area (Å²) in [5.41, 5.74) is 2.76. The van der Waals surface area contributed by atoms with Crippen LogP contribution in [-0.4, -0.2) is 10.6 Å². The van der Waals surface area contributed by atoms with Crippen LogP contribution in [0.1, 0.15) is 20.8 Å². The highest BCUT2D eigenvalue weighted by atomic mass is 16.5. The summed E-state index contributed by atoms with van der Waals surface area (Å²) in [6, 6.07) is 20.3. The topological polar surface area (TPSA) is 22.1 Å². The van der Waals surface area contributed by atoms with E-state index in [0.717, 1.165) is 27.9 Å². The van der Waals surface area contributed by atoms with E-state index in [2.05, 4.69) is 39.0 Å². The minimum Gasteiger partial charge on any atom is -0.487 e. The number of hydrogen-bond acceptors (Lipinski definition) is 2. The molecule has 106 valence electrons. The monoisotopic (exact) mass is 277 g/mol. The largest absolute Gasteiger partial charge is 0.487 e. The van der Waals surface area contributed by atoms with Crippen LogP contribution in [0.3, 0.4) is 0 Å². The number of aromatic nitrogens is 1. The minimum absolute atomic E-state index is 0.238. The normalized spacial score (nSPS) is 11.6. The van der Waals surface area contributed by atoms with Gasteiger partial charge in [-0.1, -0.05) is 42.5 Å². The zero-order valence-corrected chi connectivity index (χ0v) is 12.6.